The standard InChI is InChI=1S/C14H27NO3/c1-17-14(7-8-18-12-14)10-15-9-13(11-16)5-3-2-4-6-13/h15-16H,2-12H2,1H3. The maximum atomic E-state index is 9.66. The monoisotopic (exact) mass is 257 g/mol. The molecule has 1 unspecified atom stereocenters. The average Bonchev–Trinajstić information content (AvgIpc) is 2.89. The molecule has 1 saturated heterocycles. The molecule has 0 radical (unpaired) electrons. The van der Waals surface area contributed by atoms with Crippen LogP contribution >= 0.6 is 0 Å². The zero-order valence-corrected chi connectivity index (χ0v) is 11.5. The van der Waals surface area contributed by atoms with E-state index in [9.17, 15) is 5.11 Å². The van der Waals surface area contributed by atoms with E-state index in [2.05, 4.69) is 5.32 Å². The first-order valence-corrected chi connectivity index (χ1v) is 7.19. The summed E-state index contributed by atoms with van der Waals surface area (Å²) in [4.78, 5) is 0. The molecule has 1 aliphatic heterocycles. The summed E-state index contributed by atoms with van der Waals surface area (Å²) < 4.78 is 11.0. The summed E-state index contributed by atoms with van der Waals surface area (Å²) in [6.07, 6.45) is 7.07. The molecular formula is C14H27NO3. The van der Waals surface area contributed by atoms with Gasteiger partial charge in [0.2, 0.25) is 0 Å². The molecule has 4 nitrogen and oxygen atoms in total. The lowest BCUT2D eigenvalue weighted by molar-refractivity contribution is -0.0197. The largest absolute Gasteiger partial charge is 0.396 e. The number of aliphatic hydroxyl groups is 1. The number of nitrogens with one attached hydrogen (secondary N) is 1. The number of aliphatic hydroxyl groups excluding tert-OH is 1. The summed E-state index contributed by atoms with van der Waals surface area (Å²) in [6, 6.07) is 0. The molecule has 18 heavy (non-hydrogen) atoms. The van der Waals surface area contributed by atoms with E-state index < -0.39 is 0 Å². The van der Waals surface area contributed by atoms with Crippen LogP contribution in [0.25, 0.3) is 0 Å². The van der Waals surface area contributed by atoms with Gasteiger partial charge in [0.15, 0.2) is 0 Å². The van der Waals surface area contributed by atoms with E-state index in [1.54, 1.807) is 7.11 Å². The summed E-state index contributed by atoms with van der Waals surface area (Å²) >= 11 is 0. The van der Waals surface area contributed by atoms with Crippen molar-refractivity contribution in [1.29, 1.82) is 0 Å². The molecule has 0 aromatic carbocycles. The Morgan fingerprint density at radius 2 is 1.94 bits per heavy atom. The van der Waals surface area contributed by atoms with Gasteiger partial charge in [0.05, 0.1) is 6.61 Å². The van der Waals surface area contributed by atoms with Crippen LogP contribution in [0.5, 0.6) is 0 Å². The molecular weight excluding hydrogens is 230 g/mol. The van der Waals surface area contributed by atoms with Crippen LogP contribution in [0.15, 0.2) is 0 Å². The Morgan fingerprint density at radius 1 is 1.17 bits per heavy atom. The zero-order chi connectivity index (χ0) is 12.9. The second-order valence-corrected chi connectivity index (χ2v) is 6.01. The summed E-state index contributed by atoms with van der Waals surface area (Å²) in [7, 11) is 1.76. The molecule has 1 heterocycles. The van der Waals surface area contributed by atoms with Gasteiger partial charge in [-0.1, -0.05) is 19.3 Å². The fourth-order valence-electron chi connectivity index (χ4n) is 3.21. The van der Waals surface area contributed by atoms with Crippen molar-refractivity contribution in [3.8, 4) is 0 Å². The summed E-state index contributed by atoms with van der Waals surface area (Å²) in [5, 5.41) is 13.2. The lowest BCUT2D eigenvalue weighted by Crippen LogP contribution is -2.47. The molecule has 0 bridgehead atoms. The van der Waals surface area contributed by atoms with Crippen molar-refractivity contribution in [2.75, 3.05) is 40.0 Å². The third kappa shape index (κ3) is 3.23. The second kappa shape index (κ2) is 6.33. The minimum atomic E-state index is -0.148. The first-order valence-electron chi connectivity index (χ1n) is 7.19. The minimum Gasteiger partial charge on any atom is -0.396 e. The quantitative estimate of drug-likeness (QED) is 0.753. The number of methoxy groups -OCH3 is 1. The van der Waals surface area contributed by atoms with E-state index >= 15 is 0 Å². The van der Waals surface area contributed by atoms with E-state index in [1.165, 1.54) is 19.3 Å². The van der Waals surface area contributed by atoms with Gasteiger partial charge < -0.3 is 19.9 Å². The van der Waals surface area contributed by atoms with E-state index in [0.29, 0.717) is 13.2 Å². The molecule has 1 saturated carbocycles. The molecule has 2 fully saturated rings. The fraction of sp³-hybridized carbons (Fsp3) is 1.00. The Morgan fingerprint density at radius 3 is 2.50 bits per heavy atom. The van der Waals surface area contributed by atoms with Gasteiger partial charge in [0.1, 0.15) is 5.60 Å². The van der Waals surface area contributed by atoms with Crippen LogP contribution in [0.1, 0.15) is 38.5 Å². The van der Waals surface area contributed by atoms with Crippen molar-refractivity contribution in [2.45, 2.75) is 44.1 Å². The fourth-order valence-corrected chi connectivity index (χ4v) is 3.21. The number of rotatable bonds is 6. The highest BCUT2D eigenvalue weighted by molar-refractivity contribution is 4.90. The first-order chi connectivity index (χ1) is 8.74. The molecule has 2 N–H and O–H groups in total. The van der Waals surface area contributed by atoms with E-state index in [1.807, 2.05) is 0 Å². The lowest BCUT2D eigenvalue weighted by atomic mass is 9.74. The van der Waals surface area contributed by atoms with Crippen LogP contribution in [0.2, 0.25) is 0 Å². The maximum absolute atomic E-state index is 9.66. The predicted octanol–water partition coefficient (Wildman–Crippen LogP) is 1.32. The van der Waals surface area contributed by atoms with Crippen LogP contribution in [0, 0.1) is 5.41 Å². The molecule has 106 valence electrons. The topological polar surface area (TPSA) is 50.7 Å². The van der Waals surface area contributed by atoms with Crippen LogP contribution in [0.3, 0.4) is 0 Å². The van der Waals surface area contributed by atoms with Crippen LogP contribution in [-0.4, -0.2) is 50.7 Å². The molecule has 2 aliphatic rings. The molecule has 0 aromatic heterocycles. The second-order valence-electron chi connectivity index (χ2n) is 6.01. The Bertz CT molecular complexity index is 245. The Balaban J connectivity index is 1.79. The van der Waals surface area contributed by atoms with Gasteiger partial charge >= 0.3 is 0 Å². The van der Waals surface area contributed by atoms with Crippen molar-refractivity contribution in [3.63, 3.8) is 0 Å². The lowest BCUT2D eigenvalue weighted by Gasteiger charge is -2.37. The third-order valence-electron chi connectivity index (χ3n) is 4.70. The molecule has 2 rings (SSSR count). The molecule has 1 atom stereocenters. The zero-order valence-electron chi connectivity index (χ0n) is 11.5. The van der Waals surface area contributed by atoms with Crippen molar-refractivity contribution < 1.29 is 14.6 Å². The van der Waals surface area contributed by atoms with Gasteiger partial charge in [-0.3, -0.25) is 0 Å². The Hall–Kier alpha value is -0.160. The minimum absolute atomic E-state index is 0.104. The van der Waals surface area contributed by atoms with Crippen LogP contribution in [-0.2, 0) is 9.47 Å². The maximum Gasteiger partial charge on any atom is 0.106 e. The molecule has 4 heteroatoms. The van der Waals surface area contributed by atoms with Crippen molar-refractivity contribution in [2.24, 2.45) is 5.41 Å². The van der Waals surface area contributed by atoms with Gasteiger partial charge in [-0.05, 0) is 12.8 Å². The number of hydrogen-bond donors (Lipinski definition) is 2. The highest BCUT2D eigenvalue weighted by Crippen LogP contribution is 2.35. The van der Waals surface area contributed by atoms with E-state index in [-0.39, 0.29) is 11.0 Å². The van der Waals surface area contributed by atoms with E-state index in [4.69, 9.17) is 9.47 Å². The normalized spacial score (nSPS) is 31.7. The van der Waals surface area contributed by atoms with E-state index in [0.717, 1.165) is 39.0 Å². The van der Waals surface area contributed by atoms with Crippen LogP contribution < -0.4 is 5.32 Å². The van der Waals surface area contributed by atoms with Crippen molar-refractivity contribution >= 4 is 0 Å². The molecule has 0 spiro atoms. The highest BCUT2D eigenvalue weighted by Gasteiger charge is 2.36. The van der Waals surface area contributed by atoms with Gasteiger partial charge in [0, 0.05) is 45.2 Å². The molecule has 0 aromatic rings. The Kier molecular flexibility index (Phi) is 5.01. The average molecular weight is 257 g/mol. The third-order valence-corrected chi connectivity index (χ3v) is 4.70. The van der Waals surface area contributed by atoms with Gasteiger partial charge in [-0.15, -0.1) is 0 Å². The van der Waals surface area contributed by atoms with Gasteiger partial charge in [-0.2, -0.15) is 0 Å². The summed E-state index contributed by atoms with van der Waals surface area (Å²) in [5.41, 5.74) is -0.0437. The SMILES string of the molecule is COC1(CNCC2(CO)CCCCC2)CCOC1. The Labute approximate surface area is 110 Å². The van der Waals surface area contributed by atoms with Gasteiger partial charge in [0.25, 0.3) is 0 Å². The molecule has 1 aliphatic carbocycles. The first kappa shape index (κ1) is 14.3. The number of ether oxygens (including phenoxy) is 2. The smallest absolute Gasteiger partial charge is 0.106 e. The number of hydrogen-bond acceptors (Lipinski definition) is 4. The summed E-state index contributed by atoms with van der Waals surface area (Å²) in [5.74, 6) is 0. The van der Waals surface area contributed by atoms with Crippen molar-refractivity contribution in [3.05, 3.63) is 0 Å². The highest BCUT2D eigenvalue weighted by atomic mass is 16.5. The van der Waals surface area contributed by atoms with Crippen LogP contribution in [0.4, 0.5) is 0 Å². The summed E-state index contributed by atoms with van der Waals surface area (Å²) in [6.45, 7) is 3.50. The molecule has 0 amide bonds. The predicted molar refractivity (Wildman–Crippen MR) is 70.6 cm³/mol. The van der Waals surface area contributed by atoms with Crippen molar-refractivity contribution in [1.82, 2.24) is 5.32 Å². The van der Waals surface area contributed by atoms with Gasteiger partial charge in [-0.25, -0.2) is 0 Å².